The van der Waals surface area contributed by atoms with Gasteiger partial charge in [0.2, 0.25) is 11.8 Å². The van der Waals surface area contributed by atoms with Gasteiger partial charge in [0, 0.05) is 39.1 Å². The molecule has 0 aliphatic carbocycles. The number of carbonyl (C=O) groups is 2. The van der Waals surface area contributed by atoms with E-state index in [4.69, 9.17) is 18.6 Å². The number of morpholine rings is 1. The third-order valence-electron chi connectivity index (χ3n) is 7.08. The van der Waals surface area contributed by atoms with Gasteiger partial charge in [-0.3, -0.25) is 14.5 Å². The molecule has 1 aliphatic heterocycles. The number of hydrogen-bond acceptors (Lipinski definition) is 7. The van der Waals surface area contributed by atoms with Crippen molar-refractivity contribution in [2.45, 2.75) is 52.0 Å². The van der Waals surface area contributed by atoms with Crippen molar-refractivity contribution in [3.05, 3.63) is 47.9 Å². The number of nitrogens with zero attached hydrogens (tertiary/aromatic N) is 3. The Morgan fingerprint density at radius 1 is 0.949 bits per heavy atom. The van der Waals surface area contributed by atoms with E-state index < -0.39 is 0 Å². The quantitative estimate of drug-likeness (QED) is 0.279. The van der Waals surface area contributed by atoms with E-state index in [1.165, 1.54) is 0 Å². The van der Waals surface area contributed by atoms with Gasteiger partial charge in [-0.2, -0.15) is 0 Å². The molecule has 2 amide bonds. The zero-order valence-corrected chi connectivity index (χ0v) is 23.9. The number of rotatable bonds is 17. The Kier molecular flexibility index (Phi) is 13.2. The van der Waals surface area contributed by atoms with Crippen LogP contribution in [0, 0.1) is 0 Å². The first-order chi connectivity index (χ1) is 19.0. The molecule has 0 N–H and O–H groups in total. The molecule has 1 aromatic carbocycles. The Hall–Kier alpha value is -3.04. The lowest BCUT2D eigenvalue weighted by molar-refractivity contribution is -0.141. The van der Waals surface area contributed by atoms with Crippen molar-refractivity contribution in [1.29, 1.82) is 0 Å². The maximum Gasteiger partial charge on any atom is 0.242 e. The summed E-state index contributed by atoms with van der Waals surface area (Å²) in [6.45, 7) is 7.82. The van der Waals surface area contributed by atoms with Crippen LogP contribution in [0.5, 0.6) is 11.5 Å². The van der Waals surface area contributed by atoms with Crippen molar-refractivity contribution < 1.29 is 28.2 Å². The Morgan fingerprint density at radius 3 is 2.44 bits per heavy atom. The van der Waals surface area contributed by atoms with Gasteiger partial charge in [0.1, 0.15) is 5.76 Å². The number of methoxy groups -OCH3 is 2. The molecular weight excluding hydrogens is 498 g/mol. The molecule has 2 aromatic rings. The van der Waals surface area contributed by atoms with Gasteiger partial charge in [0.25, 0.3) is 0 Å². The molecule has 1 aliphatic rings. The first-order valence-corrected chi connectivity index (χ1v) is 14.1. The fourth-order valence-corrected chi connectivity index (χ4v) is 4.73. The number of benzene rings is 1. The van der Waals surface area contributed by atoms with Gasteiger partial charge in [-0.1, -0.05) is 25.8 Å². The zero-order chi connectivity index (χ0) is 27.9. The fraction of sp³-hybridized carbons (Fsp3) is 0.600. The van der Waals surface area contributed by atoms with Crippen LogP contribution in [0.25, 0.3) is 0 Å². The van der Waals surface area contributed by atoms with Crippen LogP contribution in [0.1, 0.15) is 50.4 Å². The molecule has 9 heteroatoms. The van der Waals surface area contributed by atoms with Crippen LogP contribution in [0.2, 0.25) is 0 Å². The fourth-order valence-electron chi connectivity index (χ4n) is 4.73. The highest BCUT2D eigenvalue weighted by Crippen LogP contribution is 2.27. The lowest BCUT2D eigenvalue weighted by Crippen LogP contribution is -2.44. The summed E-state index contributed by atoms with van der Waals surface area (Å²) in [5.41, 5.74) is 1.03. The summed E-state index contributed by atoms with van der Waals surface area (Å²) in [5, 5.41) is 0. The molecule has 39 heavy (non-hydrogen) atoms. The SMILES string of the molecule is CCCCCC(=O)N(CCCN1CCOCC1)CC(=O)N(CCc1ccc(OC)c(OC)c1)Cc1ccco1. The van der Waals surface area contributed by atoms with Crippen molar-refractivity contribution in [3.8, 4) is 11.5 Å². The largest absolute Gasteiger partial charge is 0.493 e. The van der Waals surface area contributed by atoms with Crippen LogP contribution in [-0.2, 0) is 27.3 Å². The molecular formula is C30H45N3O6. The second-order valence-corrected chi connectivity index (χ2v) is 9.91. The van der Waals surface area contributed by atoms with Crippen LogP contribution in [0.15, 0.2) is 41.0 Å². The molecule has 0 spiro atoms. The first-order valence-electron chi connectivity index (χ1n) is 14.1. The minimum atomic E-state index is -0.0814. The van der Waals surface area contributed by atoms with E-state index in [9.17, 15) is 9.59 Å². The molecule has 9 nitrogen and oxygen atoms in total. The Labute approximate surface area is 233 Å². The zero-order valence-electron chi connectivity index (χ0n) is 23.9. The van der Waals surface area contributed by atoms with E-state index in [1.54, 1.807) is 30.3 Å². The summed E-state index contributed by atoms with van der Waals surface area (Å²) < 4.78 is 21.8. The third-order valence-corrected chi connectivity index (χ3v) is 7.08. The molecule has 0 saturated carbocycles. The van der Waals surface area contributed by atoms with Gasteiger partial charge in [-0.05, 0) is 49.1 Å². The predicted molar refractivity (Wildman–Crippen MR) is 150 cm³/mol. The summed E-state index contributed by atoms with van der Waals surface area (Å²) in [7, 11) is 3.22. The highest BCUT2D eigenvalue weighted by molar-refractivity contribution is 5.84. The lowest BCUT2D eigenvalue weighted by Gasteiger charge is -2.30. The van der Waals surface area contributed by atoms with Crippen molar-refractivity contribution in [2.75, 3.05) is 66.7 Å². The van der Waals surface area contributed by atoms with Gasteiger partial charge in [0.15, 0.2) is 11.5 Å². The van der Waals surface area contributed by atoms with Gasteiger partial charge < -0.3 is 28.4 Å². The van der Waals surface area contributed by atoms with E-state index in [1.807, 2.05) is 30.3 Å². The third kappa shape index (κ3) is 10.2. The summed E-state index contributed by atoms with van der Waals surface area (Å²) in [6.07, 6.45) is 6.46. The van der Waals surface area contributed by atoms with Crippen molar-refractivity contribution >= 4 is 11.8 Å². The second-order valence-electron chi connectivity index (χ2n) is 9.91. The highest BCUT2D eigenvalue weighted by Gasteiger charge is 2.22. The molecule has 1 fully saturated rings. The Balaban J connectivity index is 1.66. The standard InChI is InChI=1S/C30H45N3O6/c1-4-5-6-10-29(34)32(15-8-14-31-17-20-38-21-18-31)24-30(35)33(23-26-9-7-19-39-26)16-13-25-11-12-27(36-2)28(22-25)37-3/h7,9,11-12,19,22H,4-6,8,10,13-18,20-21,23-24H2,1-3H3. The van der Waals surface area contributed by atoms with E-state index in [2.05, 4.69) is 11.8 Å². The average Bonchev–Trinajstić information content (AvgIpc) is 3.48. The van der Waals surface area contributed by atoms with E-state index in [0.29, 0.717) is 49.7 Å². The van der Waals surface area contributed by atoms with Crippen LogP contribution in [0.4, 0.5) is 0 Å². The summed E-state index contributed by atoms with van der Waals surface area (Å²) >= 11 is 0. The number of amides is 2. The van der Waals surface area contributed by atoms with Gasteiger partial charge in [-0.15, -0.1) is 0 Å². The molecule has 2 heterocycles. The van der Waals surface area contributed by atoms with E-state index >= 15 is 0 Å². The van der Waals surface area contributed by atoms with E-state index in [0.717, 1.165) is 64.1 Å². The van der Waals surface area contributed by atoms with Gasteiger partial charge >= 0.3 is 0 Å². The first kappa shape index (κ1) is 30.5. The number of ether oxygens (including phenoxy) is 3. The molecule has 0 atom stereocenters. The summed E-state index contributed by atoms with van der Waals surface area (Å²) in [5.74, 6) is 2.00. The maximum absolute atomic E-state index is 13.6. The van der Waals surface area contributed by atoms with Crippen molar-refractivity contribution in [1.82, 2.24) is 14.7 Å². The Bertz CT molecular complexity index is 991. The van der Waals surface area contributed by atoms with Crippen molar-refractivity contribution in [2.24, 2.45) is 0 Å². The molecule has 1 aromatic heterocycles. The van der Waals surface area contributed by atoms with Gasteiger partial charge in [-0.25, -0.2) is 0 Å². The van der Waals surface area contributed by atoms with Crippen LogP contribution in [0.3, 0.4) is 0 Å². The molecule has 0 radical (unpaired) electrons. The molecule has 216 valence electrons. The molecule has 1 saturated heterocycles. The topological polar surface area (TPSA) is 84.7 Å². The number of furan rings is 1. The molecule has 0 bridgehead atoms. The number of unbranched alkanes of at least 4 members (excludes halogenated alkanes) is 2. The average molecular weight is 544 g/mol. The van der Waals surface area contributed by atoms with Crippen molar-refractivity contribution in [3.63, 3.8) is 0 Å². The van der Waals surface area contributed by atoms with Crippen LogP contribution in [-0.4, -0.2) is 93.2 Å². The highest BCUT2D eigenvalue weighted by atomic mass is 16.5. The van der Waals surface area contributed by atoms with E-state index in [-0.39, 0.29) is 18.4 Å². The number of carbonyl (C=O) groups excluding carboxylic acids is 2. The van der Waals surface area contributed by atoms with Crippen LogP contribution < -0.4 is 9.47 Å². The normalized spacial score (nSPS) is 13.7. The lowest BCUT2D eigenvalue weighted by atomic mass is 10.1. The maximum atomic E-state index is 13.6. The predicted octanol–water partition coefficient (Wildman–Crippen LogP) is 4.00. The number of hydrogen-bond donors (Lipinski definition) is 0. The minimum absolute atomic E-state index is 0.0524. The van der Waals surface area contributed by atoms with Gasteiger partial charge in [0.05, 0.1) is 46.8 Å². The Morgan fingerprint density at radius 2 is 1.74 bits per heavy atom. The smallest absolute Gasteiger partial charge is 0.242 e. The second kappa shape index (κ2) is 16.8. The summed E-state index contributed by atoms with van der Waals surface area (Å²) in [6, 6.07) is 9.47. The monoisotopic (exact) mass is 543 g/mol. The molecule has 0 unspecified atom stereocenters. The minimum Gasteiger partial charge on any atom is -0.493 e. The van der Waals surface area contributed by atoms with Crippen LogP contribution >= 0.6 is 0 Å². The molecule has 3 rings (SSSR count). The summed E-state index contributed by atoms with van der Waals surface area (Å²) in [4.78, 5) is 32.7.